The highest BCUT2D eigenvalue weighted by Crippen LogP contribution is 2.60. The van der Waals surface area contributed by atoms with Crippen LogP contribution in [0, 0.1) is 19.6 Å². The summed E-state index contributed by atoms with van der Waals surface area (Å²) in [5.41, 5.74) is 1.10. The standard InChI is InChI=1S/C33H35FIN3O6Si/c1-20-31(45(2,3)34)29(16-30(40)36-18-23-9-5-4-8-22(23)14-26(36)19-39)44-33(20)27-15-25(38(42)43)11-12-28(27)37(32(33)41)17-21-7-6-10-24(35)13-21/h4-13,15,20,26,29,31,39H,14,16-19H2,1-3H3/t20-,26-,29+,31-,33+/m0/s1. The maximum Gasteiger partial charge on any atom is 0.269 e. The lowest BCUT2D eigenvalue weighted by Gasteiger charge is -2.37. The van der Waals surface area contributed by atoms with Crippen molar-refractivity contribution in [2.24, 2.45) is 5.92 Å². The monoisotopic (exact) mass is 743 g/mol. The molecule has 236 valence electrons. The van der Waals surface area contributed by atoms with Crippen LogP contribution in [0.4, 0.5) is 15.5 Å². The fourth-order valence-corrected chi connectivity index (χ4v) is 10.8. The number of anilines is 1. The Labute approximate surface area is 275 Å². The van der Waals surface area contributed by atoms with E-state index in [1.54, 1.807) is 35.9 Å². The number of rotatable bonds is 7. The van der Waals surface area contributed by atoms with E-state index >= 15 is 4.11 Å². The summed E-state index contributed by atoms with van der Waals surface area (Å²) in [6.07, 6.45) is -0.617. The molecular formula is C33H35FIN3O6Si. The molecular weight excluding hydrogens is 708 g/mol. The van der Waals surface area contributed by atoms with E-state index in [9.17, 15) is 24.8 Å². The van der Waals surface area contributed by atoms with Gasteiger partial charge in [0.25, 0.3) is 11.6 Å². The number of fused-ring (bicyclic) bond motifs is 3. The number of halogens is 2. The first-order valence-electron chi connectivity index (χ1n) is 15.0. The number of carbonyl (C=O) groups is 2. The number of nitrogens with zero attached hydrogens (tertiary/aromatic N) is 3. The highest BCUT2D eigenvalue weighted by molar-refractivity contribution is 14.1. The number of hydrogen-bond donors (Lipinski definition) is 1. The van der Waals surface area contributed by atoms with Crippen LogP contribution in [-0.4, -0.2) is 53.9 Å². The third-order valence-corrected chi connectivity index (χ3v) is 12.8. The van der Waals surface area contributed by atoms with Crippen LogP contribution in [0.3, 0.4) is 0 Å². The highest BCUT2D eigenvalue weighted by Gasteiger charge is 2.67. The molecule has 5 atom stereocenters. The minimum atomic E-state index is -3.58. The number of carbonyl (C=O) groups excluding carboxylic acids is 2. The van der Waals surface area contributed by atoms with Crippen LogP contribution >= 0.6 is 22.6 Å². The lowest BCUT2D eigenvalue weighted by Crippen LogP contribution is -2.48. The van der Waals surface area contributed by atoms with Crippen molar-refractivity contribution in [1.29, 1.82) is 0 Å². The van der Waals surface area contributed by atoms with Crippen LogP contribution in [-0.2, 0) is 39.4 Å². The van der Waals surface area contributed by atoms with Gasteiger partial charge < -0.3 is 23.8 Å². The molecule has 3 aliphatic rings. The van der Waals surface area contributed by atoms with Crippen LogP contribution in [0.5, 0.6) is 0 Å². The fourth-order valence-electron chi connectivity index (χ4n) is 7.66. The average Bonchev–Trinajstić information content (AvgIpc) is 3.42. The van der Waals surface area contributed by atoms with E-state index in [4.69, 9.17) is 4.74 Å². The minimum Gasteiger partial charge on any atom is -0.394 e. The molecule has 0 aliphatic carbocycles. The van der Waals surface area contributed by atoms with Gasteiger partial charge in [-0.25, -0.2) is 0 Å². The zero-order valence-electron chi connectivity index (χ0n) is 25.3. The lowest BCUT2D eigenvalue weighted by molar-refractivity contribution is -0.385. The molecule has 9 nitrogen and oxygen atoms in total. The summed E-state index contributed by atoms with van der Waals surface area (Å²) in [4.78, 5) is 43.1. The number of amides is 2. The summed E-state index contributed by atoms with van der Waals surface area (Å²) in [7, 11) is -3.58. The number of non-ortho nitro benzene ring substituents is 1. The Hall–Kier alpha value is -3.20. The van der Waals surface area contributed by atoms with Crippen molar-refractivity contribution in [2.45, 2.75) is 69.2 Å². The van der Waals surface area contributed by atoms with E-state index in [1.165, 1.54) is 12.1 Å². The van der Waals surface area contributed by atoms with Gasteiger partial charge in [-0.15, -0.1) is 0 Å². The van der Waals surface area contributed by atoms with Gasteiger partial charge in [-0.05, 0) is 77.0 Å². The molecule has 12 heteroatoms. The normalized spacial score (nSPS) is 25.9. The molecule has 1 saturated heterocycles. The highest BCUT2D eigenvalue weighted by atomic mass is 127. The van der Waals surface area contributed by atoms with Crippen molar-refractivity contribution >= 4 is 54.2 Å². The number of aliphatic hydroxyl groups is 1. The Bertz CT molecular complexity index is 1680. The lowest BCUT2D eigenvalue weighted by atomic mass is 9.82. The molecule has 3 aromatic rings. The molecule has 6 rings (SSSR count). The van der Waals surface area contributed by atoms with Gasteiger partial charge in [-0.2, -0.15) is 0 Å². The maximum atomic E-state index is 16.3. The van der Waals surface area contributed by atoms with Gasteiger partial charge >= 0.3 is 0 Å². The van der Waals surface area contributed by atoms with Gasteiger partial charge in [0.15, 0.2) is 5.60 Å². The smallest absolute Gasteiger partial charge is 0.269 e. The SMILES string of the molecule is C[C@H]1[C@H]([Si](C)(C)F)[C@@H](CC(=O)N2Cc3ccccc3C[C@H]2CO)O[C@]12C(=O)N(Cc1cccc(I)c1)c1ccc([N+](=O)[O-])cc12. The summed E-state index contributed by atoms with van der Waals surface area (Å²) in [5.74, 6) is -1.41. The quantitative estimate of drug-likeness (QED) is 0.107. The molecule has 1 N–H and O–H groups in total. The molecule has 1 fully saturated rings. The van der Waals surface area contributed by atoms with E-state index in [-0.39, 0.29) is 31.2 Å². The molecule has 2 amide bonds. The van der Waals surface area contributed by atoms with E-state index in [0.717, 1.165) is 20.3 Å². The van der Waals surface area contributed by atoms with Crippen molar-refractivity contribution in [3.8, 4) is 0 Å². The topological polar surface area (TPSA) is 113 Å². The predicted molar refractivity (Wildman–Crippen MR) is 178 cm³/mol. The van der Waals surface area contributed by atoms with E-state index in [0.29, 0.717) is 24.2 Å². The molecule has 0 saturated carbocycles. The number of ether oxygens (including phenoxy) is 1. The molecule has 3 aromatic carbocycles. The first kappa shape index (κ1) is 31.8. The number of benzene rings is 3. The summed E-state index contributed by atoms with van der Waals surface area (Å²) in [6.45, 7) is 5.17. The van der Waals surface area contributed by atoms with Gasteiger partial charge in [0, 0.05) is 39.3 Å². The average molecular weight is 744 g/mol. The Kier molecular flexibility index (Phi) is 8.38. The molecule has 0 bridgehead atoms. The first-order chi connectivity index (χ1) is 21.3. The number of nitro benzene ring substituents is 1. The number of hydrogen-bond acceptors (Lipinski definition) is 6. The molecule has 1 spiro atoms. The van der Waals surface area contributed by atoms with Crippen LogP contribution in [0.15, 0.2) is 66.7 Å². The van der Waals surface area contributed by atoms with Crippen molar-refractivity contribution in [2.75, 3.05) is 11.5 Å². The van der Waals surface area contributed by atoms with Crippen molar-refractivity contribution in [3.63, 3.8) is 0 Å². The molecule has 0 unspecified atom stereocenters. The van der Waals surface area contributed by atoms with E-state index in [1.807, 2.05) is 48.5 Å². The van der Waals surface area contributed by atoms with Gasteiger partial charge in [-0.1, -0.05) is 43.3 Å². The number of nitro groups is 1. The fraction of sp³-hybridized carbons (Fsp3) is 0.394. The summed E-state index contributed by atoms with van der Waals surface area (Å²) in [6, 6.07) is 19.3. The molecule has 0 radical (unpaired) electrons. The van der Waals surface area contributed by atoms with E-state index < -0.39 is 48.4 Å². The summed E-state index contributed by atoms with van der Waals surface area (Å²) in [5, 5.41) is 22.1. The Morgan fingerprint density at radius 1 is 1.16 bits per heavy atom. The van der Waals surface area contributed by atoms with Crippen LogP contribution in [0.1, 0.15) is 35.6 Å². The van der Waals surface area contributed by atoms with Crippen LogP contribution in [0.25, 0.3) is 0 Å². The second kappa shape index (κ2) is 11.9. The zero-order chi connectivity index (χ0) is 32.3. The van der Waals surface area contributed by atoms with Crippen LogP contribution < -0.4 is 4.90 Å². The third kappa shape index (κ3) is 5.49. The predicted octanol–water partition coefficient (Wildman–Crippen LogP) is 5.86. The van der Waals surface area contributed by atoms with Crippen LogP contribution in [0.2, 0.25) is 18.6 Å². The zero-order valence-corrected chi connectivity index (χ0v) is 28.4. The molecule has 0 aromatic heterocycles. The largest absolute Gasteiger partial charge is 0.394 e. The molecule has 3 aliphatic heterocycles. The van der Waals surface area contributed by atoms with Crippen molar-refractivity contribution in [1.82, 2.24) is 4.90 Å². The Morgan fingerprint density at radius 3 is 2.56 bits per heavy atom. The second-order valence-corrected chi connectivity index (χ2v) is 17.8. The number of aliphatic hydroxyl groups excluding tert-OH is 1. The third-order valence-electron chi connectivity index (χ3n) is 9.65. The van der Waals surface area contributed by atoms with Gasteiger partial charge in [0.1, 0.15) is 0 Å². The van der Waals surface area contributed by atoms with Gasteiger partial charge in [0.05, 0.1) is 42.3 Å². The molecule has 3 heterocycles. The Balaban J connectivity index is 1.39. The second-order valence-electron chi connectivity index (χ2n) is 12.8. The summed E-state index contributed by atoms with van der Waals surface area (Å²) < 4.78 is 24.0. The minimum absolute atomic E-state index is 0.176. The summed E-state index contributed by atoms with van der Waals surface area (Å²) >= 11 is 2.20. The Morgan fingerprint density at radius 2 is 1.89 bits per heavy atom. The van der Waals surface area contributed by atoms with E-state index in [2.05, 4.69) is 22.6 Å². The van der Waals surface area contributed by atoms with Crippen molar-refractivity contribution < 1.29 is 28.5 Å². The van der Waals surface area contributed by atoms with Crippen molar-refractivity contribution in [3.05, 3.63) is 103 Å². The molecule has 45 heavy (non-hydrogen) atoms. The maximum absolute atomic E-state index is 16.3. The van der Waals surface area contributed by atoms with Gasteiger partial charge in [-0.3, -0.25) is 19.7 Å². The first-order valence-corrected chi connectivity index (χ1v) is 19.1. The van der Waals surface area contributed by atoms with Gasteiger partial charge in [0.2, 0.25) is 14.3 Å².